The fourth-order valence-corrected chi connectivity index (χ4v) is 2.23. The van der Waals surface area contributed by atoms with E-state index in [0.717, 1.165) is 17.7 Å². The summed E-state index contributed by atoms with van der Waals surface area (Å²) in [5.41, 5.74) is 6.71. The highest BCUT2D eigenvalue weighted by molar-refractivity contribution is 6.31. The smallest absolute Gasteiger partial charge is 0.251 e. The molecule has 0 radical (unpaired) electrons. The van der Waals surface area contributed by atoms with Crippen LogP contribution in [-0.4, -0.2) is 5.91 Å². The molecule has 1 amide bonds. The van der Waals surface area contributed by atoms with Crippen molar-refractivity contribution in [2.45, 2.75) is 13.0 Å². The van der Waals surface area contributed by atoms with Gasteiger partial charge in [-0.3, -0.25) is 4.79 Å². The Kier molecular flexibility index (Phi) is 4.25. The summed E-state index contributed by atoms with van der Waals surface area (Å²) in [4.78, 5) is 12.1. The van der Waals surface area contributed by atoms with Crippen LogP contribution in [0.1, 0.15) is 28.9 Å². The van der Waals surface area contributed by atoms with Gasteiger partial charge in [-0.2, -0.15) is 0 Å². The standard InChI is InChI=1S/C15H14ClFN2O/c1-9(13-4-2-3-5-14(13)16)19-15(20)10-6-11(17)8-12(18)7-10/h2-9H,18H2,1H3,(H,19,20). The lowest BCUT2D eigenvalue weighted by Gasteiger charge is -2.16. The molecule has 3 nitrogen and oxygen atoms in total. The molecule has 0 saturated carbocycles. The molecule has 1 atom stereocenters. The van der Waals surface area contributed by atoms with Gasteiger partial charge in [0, 0.05) is 16.3 Å². The SMILES string of the molecule is CC(NC(=O)c1cc(N)cc(F)c1)c1ccccc1Cl. The minimum absolute atomic E-state index is 0.182. The number of anilines is 1. The molecule has 0 aliphatic rings. The fraction of sp³-hybridized carbons (Fsp3) is 0.133. The molecular formula is C15H14ClFN2O. The van der Waals surface area contributed by atoms with Crippen molar-refractivity contribution in [1.82, 2.24) is 5.32 Å². The van der Waals surface area contributed by atoms with Crippen molar-refractivity contribution in [3.8, 4) is 0 Å². The Balaban J connectivity index is 2.17. The van der Waals surface area contributed by atoms with Crippen molar-refractivity contribution in [3.63, 3.8) is 0 Å². The summed E-state index contributed by atoms with van der Waals surface area (Å²) < 4.78 is 13.2. The third-order valence-corrected chi connectivity index (χ3v) is 3.25. The lowest BCUT2D eigenvalue weighted by Crippen LogP contribution is -2.27. The van der Waals surface area contributed by atoms with E-state index in [1.54, 1.807) is 6.07 Å². The molecule has 0 saturated heterocycles. The fourth-order valence-electron chi connectivity index (χ4n) is 1.93. The van der Waals surface area contributed by atoms with E-state index in [2.05, 4.69) is 5.32 Å². The molecular weight excluding hydrogens is 279 g/mol. The lowest BCUT2D eigenvalue weighted by molar-refractivity contribution is 0.0939. The van der Waals surface area contributed by atoms with Crippen molar-refractivity contribution < 1.29 is 9.18 Å². The minimum atomic E-state index is -0.541. The lowest BCUT2D eigenvalue weighted by atomic mass is 10.1. The van der Waals surface area contributed by atoms with Crippen LogP contribution in [0.4, 0.5) is 10.1 Å². The molecule has 0 heterocycles. The number of nitrogen functional groups attached to an aromatic ring is 1. The average molecular weight is 293 g/mol. The van der Waals surface area contributed by atoms with Gasteiger partial charge in [0.25, 0.3) is 5.91 Å². The van der Waals surface area contributed by atoms with Crippen molar-refractivity contribution >= 4 is 23.2 Å². The molecule has 1 unspecified atom stereocenters. The van der Waals surface area contributed by atoms with Gasteiger partial charge in [-0.25, -0.2) is 4.39 Å². The normalized spacial score (nSPS) is 11.9. The zero-order valence-electron chi connectivity index (χ0n) is 10.9. The average Bonchev–Trinajstić information content (AvgIpc) is 2.37. The topological polar surface area (TPSA) is 55.1 Å². The zero-order valence-corrected chi connectivity index (χ0v) is 11.6. The predicted octanol–water partition coefficient (Wildman–Crippen LogP) is 3.55. The van der Waals surface area contributed by atoms with E-state index >= 15 is 0 Å². The molecule has 2 aromatic carbocycles. The van der Waals surface area contributed by atoms with Crippen LogP contribution in [-0.2, 0) is 0 Å². The second-order valence-electron chi connectivity index (χ2n) is 4.49. The van der Waals surface area contributed by atoms with Crippen LogP contribution in [0.2, 0.25) is 5.02 Å². The van der Waals surface area contributed by atoms with E-state index in [4.69, 9.17) is 17.3 Å². The van der Waals surface area contributed by atoms with Gasteiger partial charge in [0.1, 0.15) is 5.82 Å². The molecule has 0 aromatic heterocycles. The summed E-state index contributed by atoms with van der Waals surface area (Å²) in [6.07, 6.45) is 0. The first-order valence-corrected chi connectivity index (χ1v) is 6.46. The molecule has 0 spiro atoms. The third kappa shape index (κ3) is 3.27. The largest absolute Gasteiger partial charge is 0.399 e. The van der Waals surface area contributed by atoms with Crippen LogP contribution in [0, 0.1) is 5.82 Å². The molecule has 2 aromatic rings. The third-order valence-electron chi connectivity index (χ3n) is 2.90. The zero-order chi connectivity index (χ0) is 14.7. The predicted molar refractivity (Wildman–Crippen MR) is 78.1 cm³/mol. The van der Waals surface area contributed by atoms with E-state index in [0.29, 0.717) is 5.02 Å². The number of halogens is 2. The first kappa shape index (κ1) is 14.3. The van der Waals surface area contributed by atoms with E-state index in [1.807, 2.05) is 25.1 Å². The summed E-state index contributed by atoms with van der Waals surface area (Å²) in [7, 11) is 0. The van der Waals surface area contributed by atoms with Crippen LogP contribution in [0.5, 0.6) is 0 Å². The number of nitrogens with two attached hydrogens (primary N) is 1. The molecule has 0 aliphatic heterocycles. The molecule has 5 heteroatoms. The molecule has 0 bridgehead atoms. The van der Waals surface area contributed by atoms with Crippen molar-refractivity contribution in [2.24, 2.45) is 0 Å². The van der Waals surface area contributed by atoms with Gasteiger partial charge in [0.05, 0.1) is 6.04 Å². The number of nitrogens with one attached hydrogen (secondary N) is 1. The van der Waals surface area contributed by atoms with Crippen molar-refractivity contribution in [2.75, 3.05) is 5.73 Å². The highest BCUT2D eigenvalue weighted by Crippen LogP contribution is 2.22. The van der Waals surface area contributed by atoms with Crippen molar-refractivity contribution in [3.05, 3.63) is 64.4 Å². The van der Waals surface area contributed by atoms with Crippen molar-refractivity contribution in [1.29, 1.82) is 0 Å². The first-order chi connectivity index (χ1) is 9.47. The van der Waals surface area contributed by atoms with Crippen LogP contribution in [0.15, 0.2) is 42.5 Å². The Morgan fingerprint density at radius 3 is 2.65 bits per heavy atom. The van der Waals surface area contributed by atoms with E-state index in [-0.39, 0.29) is 17.3 Å². The molecule has 2 rings (SSSR count). The second kappa shape index (κ2) is 5.92. The van der Waals surface area contributed by atoms with E-state index in [1.165, 1.54) is 6.07 Å². The molecule has 104 valence electrons. The van der Waals surface area contributed by atoms with Gasteiger partial charge < -0.3 is 11.1 Å². The Labute approximate surface area is 121 Å². The van der Waals surface area contributed by atoms with Gasteiger partial charge in [-0.1, -0.05) is 29.8 Å². The summed E-state index contributed by atoms with van der Waals surface area (Å²) >= 11 is 6.07. The number of amides is 1. The molecule has 0 fully saturated rings. The minimum Gasteiger partial charge on any atom is -0.399 e. The summed E-state index contributed by atoms with van der Waals surface area (Å²) in [5, 5.41) is 3.33. The maximum absolute atomic E-state index is 13.2. The number of carbonyl (C=O) groups excluding carboxylic acids is 1. The summed E-state index contributed by atoms with van der Waals surface area (Å²) in [5.74, 6) is -0.941. The van der Waals surface area contributed by atoms with Gasteiger partial charge in [-0.15, -0.1) is 0 Å². The van der Waals surface area contributed by atoms with Crippen LogP contribution < -0.4 is 11.1 Å². The second-order valence-corrected chi connectivity index (χ2v) is 4.90. The van der Waals surface area contributed by atoms with Gasteiger partial charge in [0.15, 0.2) is 0 Å². The van der Waals surface area contributed by atoms with Gasteiger partial charge >= 0.3 is 0 Å². The highest BCUT2D eigenvalue weighted by atomic mass is 35.5. The maximum atomic E-state index is 13.2. The Hall–Kier alpha value is -2.07. The maximum Gasteiger partial charge on any atom is 0.251 e. The highest BCUT2D eigenvalue weighted by Gasteiger charge is 2.14. The number of hydrogen-bond donors (Lipinski definition) is 2. The number of carbonyl (C=O) groups is 1. The Morgan fingerprint density at radius 1 is 1.30 bits per heavy atom. The molecule has 20 heavy (non-hydrogen) atoms. The van der Waals surface area contributed by atoms with E-state index < -0.39 is 11.7 Å². The van der Waals surface area contributed by atoms with Crippen LogP contribution >= 0.6 is 11.6 Å². The quantitative estimate of drug-likeness (QED) is 0.850. The van der Waals surface area contributed by atoms with Gasteiger partial charge in [-0.05, 0) is 36.8 Å². The molecule has 0 aliphatic carbocycles. The number of hydrogen-bond acceptors (Lipinski definition) is 2. The molecule has 3 N–H and O–H groups in total. The number of rotatable bonds is 3. The number of benzene rings is 2. The first-order valence-electron chi connectivity index (χ1n) is 6.08. The van der Waals surface area contributed by atoms with Crippen LogP contribution in [0.25, 0.3) is 0 Å². The van der Waals surface area contributed by atoms with Gasteiger partial charge in [0.2, 0.25) is 0 Å². The monoisotopic (exact) mass is 292 g/mol. The Bertz CT molecular complexity index is 625. The van der Waals surface area contributed by atoms with Crippen LogP contribution in [0.3, 0.4) is 0 Å². The van der Waals surface area contributed by atoms with E-state index in [9.17, 15) is 9.18 Å². The Morgan fingerprint density at radius 2 is 2.00 bits per heavy atom. The summed E-state index contributed by atoms with van der Waals surface area (Å²) in [6, 6.07) is 10.7. The summed E-state index contributed by atoms with van der Waals surface area (Å²) in [6.45, 7) is 1.81.